The molecule has 1 aromatic heterocycles. The summed E-state index contributed by atoms with van der Waals surface area (Å²) in [5.41, 5.74) is 0.573. The summed E-state index contributed by atoms with van der Waals surface area (Å²) in [6, 6.07) is 3.26. The number of amides is 2. The first kappa shape index (κ1) is 19.6. The number of pyridine rings is 1. The van der Waals surface area contributed by atoms with E-state index in [1.807, 2.05) is 0 Å². The van der Waals surface area contributed by atoms with Crippen molar-refractivity contribution in [3.8, 4) is 0 Å². The maximum absolute atomic E-state index is 12.4. The maximum Gasteiger partial charge on any atom is 0.401 e. The Morgan fingerprint density at radius 2 is 1.96 bits per heavy atom. The van der Waals surface area contributed by atoms with E-state index in [1.54, 1.807) is 12.1 Å². The van der Waals surface area contributed by atoms with Crippen LogP contribution in [0.5, 0.6) is 0 Å². The fourth-order valence-corrected chi connectivity index (χ4v) is 3.39. The van der Waals surface area contributed by atoms with Gasteiger partial charge < -0.3 is 10.6 Å². The fourth-order valence-electron chi connectivity index (χ4n) is 3.39. The van der Waals surface area contributed by atoms with E-state index < -0.39 is 12.7 Å². The van der Waals surface area contributed by atoms with Gasteiger partial charge in [0, 0.05) is 18.9 Å². The summed E-state index contributed by atoms with van der Waals surface area (Å²) in [5, 5.41) is 5.45. The van der Waals surface area contributed by atoms with Crippen LogP contribution in [-0.4, -0.2) is 47.5 Å². The van der Waals surface area contributed by atoms with E-state index in [0.29, 0.717) is 24.5 Å². The molecule has 148 valence electrons. The van der Waals surface area contributed by atoms with Crippen molar-refractivity contribution in [2.75, 3.05) is 30.3 Å². The third-order valence-electron chi connectivity index (χ3n) is 5.02. The Balaban J connectivity index is 1.42. The van der Waals surface area contributed by atoms with Crippen LogP contribution < -0.4 is 10.6 Å². The molecule has 9 heteroatoms. The van der Waals surface area contributed by atoms with Crippen molar-refractivity contribution in [2.45, 2.75) is 38.3 Å². The van der Waals surface area contributed by atoms with E-state index in [0.717, 1.165) is 19.3 Å². The highest BCUT2D eigenvalue weighted by Gasteiger charge is 2.34. The van der Waals surface area contributed by atoms with Gasteiger partial charge in [-0.3, -0.25) is 14.5 Å². The topological polar surface area (TPSA) is 74.3 Å². The van der Waals surface area contributed by atoms with Gasteiger partial charge in [-0.25, -0.2) is 4.98 Å². The molecule has 1 saturated carbocycles. The van der Waals surface area contributed by atoms with Crippen LogP contribution >= 0.6 is 0 Å². The largest absolute Gasteiger partial charge is 0.401 e. The highest BCUT2D eigenvalue weighted by atomic mass is 19.4. The van der Waals surface area contributed by atoms with Crippen molar-refractivity contribution in [3.63, 3.8) is 0 Å². The predicted molar refractivity (Wildman–Crippen MR) is 94.1 cm³/mol. The number of halogens is 3. The summed E-state index contributed by atoms with van der Waals surface area (Å²) in [6.45, 7) is -0.307. The molecule has 2 amide bonds. The Morgan fingerprint density at radius 3 is 2.56 bits per heavy atom. The Labute approximate surface area is 155 Å². The molecule has 2 N–H and O–H groups in total. The van der Waals surface area contributed by atoms with Gasteiger partial charge in [-0.1, -0.05) is 6.42 Å². The average molecular weight is 384 g/mol. The first-order valence-electron chi connectivity index (χ1n) is 9.14. The van der Waals surface area contributed by atoms with Crippen LogP contribution in [0.25, 0.3) is 0 Å². The second kappa shape index (κ2) is 8.24. The monoisotopic (exact) mass is 384 g/mol. The highest BCUT2D eigenvalue weighted by Crippen LogP contribution is 2.28. The van der Waals surface area contributed by atoms with Gasteiger partial charge in [0.2, 0.25) is 11.8 Å². The second-order valence-corrected chi connectivity index (χ2v) is 7.31. The molecule has 1 aliphatic heterocycles. The lowest BCUT2D eigenvalue weighted by atomic mass is 9.85. The molecule has 1 unspecified atom stereocenters. The number of alkyl halides is 3. The van der Waals surface area contributed by atoms with Gasteiger partial charge in [-0.2, -0.15) is 13.2 Å². The lowest BCUT2D eigenvalue weighted by molar-refractivity contribution is -0.143. The molecule has 2 aliphatic rings. The van der Waals surface area contributed by atoms with E-state index in [-0.39, 0.29) is 36.6 Å². The number of anilines is 2. The number of hydrogen-bond acceptors (Lipinski definition) is 4. The van der Waals surface area contributed by atoms with Crippen LogP contribution in [0, 0.1) is 11.8 Å². The second-order valence-electron chi connectivity index (χ2n) is 7.31. The minimum Gasteiger partial charge on any atom is -0.324 e. The number of nitrogens with one attached hydrogen (secondary N) is 2. The quantitative estimate of drug-likeness (QED) is 0.791. The zero-order chi connectivity index (χ0) is 19.4. The summed E-state index contributed by atoms with van der Waals surface area (Å²) in [4.78, 5) is 29.4. The number of carbonyl (C=O) groups excluding carboxylic acids is 2. The van der Waals surface area contributed by atoms with Gasteiger partial charge in [-0.15, -0.1) is 0 Å². The Hall–Kier alpha value is -2.16. The first-order chi connectivity index (χ1) is 12.8. The zero-order valence-corrected chi connectivity index (χ0v) is 14.9. The molecule has 1 aliphatic carbocycles. The van der Waals surface area contributed by atoms with Crippen molar-refractivity contribution < 1.29 is 22.8 Å². The van der Waals surface area contributed by atoms with E-state index in [9.17, 15) is 22.8 Å². The predicted octanol–water partition coefficient (Wildman–Crippen LogP) is 3.03. The minimum atomic E-state index is -4.21. The molecular formula is C18H23F3N4O2. The third-order valence-corrected chi connectivity index (χ3v) is 5.02. The molecule has 2 heterocycles. The van der Waals surface area contributed by atoms with Crippen LogP contribution in [0.15, 0.2) is 18.3 Å². The fraction of sp³-hybridized carbons (Fsp3) is 0.611. The van der Waals surface area contributed by atoms with Crippen LogP contribution in [0.2, 0.25) is 0 Å². The average Bonchev–Trinajstić information content (AvgIpc) is 2.92. The number of aromatic nitrogens is 1. The van der Waals surface area contributed by atoms with Crippen LogP contribution in [0.3, 0.4) is 0 Å². The molecular weight excluding hydrogens is 361 g/mol. The Morgan fingerprint density at radius 1 is 1.19 bits per heavy atom. The Kier molecular flexibility index (Phi) is 5.98. The standard InChI is InChI=1S/C18H23F3N4O2/c19-18(20,21)11-25-7-6-12(10-25)8-16(26)24-15-5-4-14(9-22-15)23-17(27)13-2-1-3-13/h4-5,9,12-13H,1-3,6-8,10-11H2,(H,23,27)(H,22,24,26). The number of likely N-dealkylation sites (tertiary alicyclic amines) is 1. The van der Waals surface area contributed by atoms with Crippen molar-refractivity contribution in [1.29, 1.82) is 0 Å². The number of hydrogen-bond donors (Lipinski definition) is 2. The third kappa shape index (κ3) is 5.92. The smallest absolute Gasteiger partial charge is 0.324 e. The summed E-state index contributed by atoms with van der Waals surface area (Å²) in [6.07, 6.45) is 0.906. The van der Waals surface area contributed by atoms with Crippen LogP contribution in [-0.2, 0) is 9.59 Å². The molecule has 27 heavy (non-hydrogen) atoms. The van der Waals surface area contributed by atoms with Gasteiger partial charge >= 0.3 is 6.18 Å². The molecule has 6 nitrogen and oxygen atoms in total. The lowest BCUT2D eigenvalue weighted by Gasteiger charge is -2.23. The van der Waals surface area contributed by atoms with Gasteiger partial charge in [0.15, 0.2) is 0 Å². The van der Waals surface area contributed by atoms with E-state index in [4.69, 9.17) is 0 Å². The van der Waals surface area contributed by atoms with E-state index in [2.05, 4.69) is 15.6 Å². The van der Waals surface area contributed by atoms with Crippen LogP contribution in [0.1, 0.15) is 32.1 Å². The number of nitrogens with zero attached hydrogens (tertiary/aromatic N) is 2. The summed E-state index contributed by atoms with van der Waals surface area (Å²) >= 11 is 0. The molecule has 0 spiro atoms. The van der Waals surface area contributed by atoms with Crippen molar-refractivity contribution in [3.05, 3.63) is 18.3 Å². The molecule has 1 atom stereocenters. The molecule has 1 saturated heterocycles. The van der Waals surface area contributed by atoms with Crippen molar-refractivity contribution in [2.24, 2.45) is 11.8 Å². The van der Waals surface area contributed by atoms with Gasteiger partial charge in [0.05, 0.1) is 18.4 Å². The maximum atomic E-state index is 12.4. The Bertz CT molecular complexity index is 674. The molecule has 2 fully saturated rings. The van der Waals surface area contributed by atoms with E-state index >= 15 is 0 Å². The molecule has 0 aromatic carbocycles. The molecule has 0 bridgehead atoms. The summed E-state index contributed by atoms with van der Waals surface area (Å²) in [7, 11) is 0. The van der Waals surface area contributed by atoms with Gasteiger partial charge in [-0.05, 0) is 43.9 Å². The molecule has 0 radical (unpaired) electrons. The highest BCUT2D eigenvalue weighted by molar-refractivity contribution is 5.93. The molecule has 3 rings (SSSR count). The van der Waals surface area contributed by atoms with Gasteiger partial charge in [0.25, 0.3) is 0 Å². The van der Waals surface area contributed by atoms with E-state index in [1.165, 1.54) is 11.1 Å². The van der Waals surface area contributed by atoms with Gasteiger partial charge in [0.1, 0.15) is 5.82 Å². The lowest BCUT2D eigenvalue weighted by Crippen LogP contribution is -2.32. The van der Waals surface area contributed by atoms with Crippen molar-refractivity contribution >= 4 is 23.3 Å². The summed E-state index contributed by atoms with van der Waals surface area (Å²) < 4.78 is 37.2. The minimum absolute atomic E-state index is 0.00974. The first-order valence-corrected chi connectivity index (χ1v) is 9.14. The zero-order valence-electron chi connectivity index (χ0n) is 14.9. The summed E-state index contributed by atoms with van der Waals surface area (Å²) in [5.74, 6) is 0.0602. The number of rotatable bonds is 6. The van der Waals surface area contributed by atoms with Crippen LogP contribution in [0.4, 0.5) is 24.7 Å². The normalized spacial score (nSPS) is 20.9. The van der Waals surface area contributed by atoms with Crippen molar-refractivity contribution in [1.82, 2.24) is 9.88 Å². The SMILES string of the molecule is O=C(CC1CCN(CC(F)(F)F)C1)Nc1ccc(NC(=O)C2CCC2)cn1. The number of carbonyl (C=O) groups is 2. The molecule has 1 aromatic rings.